The molecular formula is C16H25BrN2O. The summed E-state index contributed by atoms with van der Waals surface area (Å²) in [6.07, 6.45) is 1.16. The number of rotatable bonds is 5. The average molecular weight is 341 g/mol. The lowest BCUT2D eigenvalue weighted by Crippen LogP contribution is -2.53. The van der Waals surface area contributed by atoms with Crippen molar-refractivity contribution in [3.05, 3.63) is 28.2 Å². The van der Waals surface area contributed by atoms with Crippen molar-refractivity contribution in [2.75, 3.05) is 31.2 Å². The van der Waals surface area contributed by atoms with Crippen molar-refractivity contribution in [3.63, 3.8) is 0 Å². The molecule has 0 bridgehead atoms. The maximum Gasteiger partial charge on any atom is 0.0694 e. The van der Waals surface area contributed by atoms with Gasteiger partial charge in [0.15, 0.2) is 0 Å². The monoisotopic (exact) mass is 340 g/mol. The maximum absolute atomic E-state index is 5.63. The molecule has 0 atom stereocenters. The molecule has 1 aliphatic heterocycles. The van der Waals surface area contributed by atoms with Crippen molar-refractivity contribution in [1.29, 1.82) is 0 Å². The van der Waals surface area contributed by atoms with E-state index in [2.05, 4.69) is 65.1 Å². The molecule has 1 saturated heterocycles. The van der Waals surface area contributed by atoms with Crippen molar-refractivity contribution in [3.8, 4) is 0 Å². The third-order valence-corrected chi connectivity index (χ3v) is 4.21. The third kappa shape index (κ3) is 3.74. The Balaban J connectivity index is 2.25. The number of morpholine rings is 1. The van der Waals surface area contributed by atoms with Gasteiger partial charge in [0.05, 0.1) is 18.8 Å². The zero-order valence-corrected chi connectivity index (χ0v) is 14.3. The minimum atomic E-state index is 0.0472. The Morgan fingerprint density at radius 1 is 1.40 bits per heavy atom. The second kappa shape index (κ2) is 6.92. The molecule has 3 nitrogen and oxygen atoms in total. The van der Waals surface area contributed by atoms with Gasteiger partial charge in [0, 0.05) is 23.2 Å². The summed E-state index contributed by atoms with van der Waals surface area (Å²) in [6, 6.07) is 6.58. The van der Waals surface area contributed by atoms with E-state index in [0.717, 1.165) is 43.7 Å². The molecule has 4 heteroatoms. The lowest BCUT2D eigenvalue weighted by atomic mass is 9.99. The number of nitrogens with zero attached hydrogens (tertiary/aromatic N) is 1. The van der Waals surface area contributed by atoms with Gasteiger partial charge in [0.2, 0.25) is 0 Å². The zero-order valence-electron chi connectivity index (χ0n) is 12.7. The number of hydrogen-bond acceptors (Lipinski definition) is 3. The van der Waals surface area contributed by atoms with Crippen LogP contribution >= 0.6 is 15.9 Å². The van der Waals surface area contributed by atoms with Crippen molar-refractivity contribution < 1.29 is 4.74 Å². The molecule has 1 aromatic rings. The number of anilines is 1. The van der Waals surface area contributed by atoms with Crippen LogP contribution in [0.5, 0.6) is 0 Å². The van der Waals surface area contributed by atoms with E-state index in [-0.39, 0.29) is 5.54 Å². The van der Waals surface area contributed by atoms with E-state index in [1.54, 1.807) is 0 Å². The Morgan fingerprint density at radius 2 is 2.20 bits per heavy atom. The van der Waals surface area contributed by atoms with E-state index in [1.165, 1.54) is 11.3 Å². The minimum absolute atomic E-state index is 0.0472. The zero-order chi connectivity index (χ0) is 14.6. The van der Waals surface area contributed by atoms with E-state index in [1.807, 2.05) is 0 Å². The summed E-state index contributed by atoms with van der Waals surface area (Å²) in [6.45, 7) is 11.2. The summed E-state index contributed by atoms with van der Waals surface area (Å²) in [5.41, 5.74) is 2.72. The quantitative estimate of drug-likeness (QED) is 0.829. The van der Waals surface area contributed by atoms with Crippen molar-refractivity contribution in [2.24, 2.45) is 0 Å². The molecule has 0 saturated carbocycles. The van der Waals surface area contributed by atoms with Crippen LogP contribution in [0.4, 0.5) is 5.69 Å². The first-order valence-corrected chi connectivity index (χ1v) is 8.18. The largest absolute Gasteiger partial charge is 0.377 e. The Bertz CT molecular complexity index is 448. The highest BCUT2D eigenvalue weighted by atomic mass is 79.9. The number of benzene rings is 1. The Hall–Kier alpha value is -0.580. The standard InChI is InChI=1S/C16H25BrN2O/c1-4-7-18-11-13-10-14(17)5-6-15(13)19-8-9-20-12-16(19,2)3/h5-6,10,18H,4,7-9,11-12H2,1-3H3. The molecule has 1 N–H and O–H groups in total. The van der Waals surface area contributed by atoms with Gasteiger partial charge in [-0.25, -0.2) is 0 Å². The van der Waals surface area contributed by atoms with Gasteiger partial charge >= 0.3 is 0 Å². The average Bonchev–Trinajstić information content (AvgIpc) is 2.40. The molecular weight excluding hydrogens is 316 g/mol. The highest BCUT2D eigenvalue weighted by molar-refractivity contribution is 9.10. The molecule has 0 unspecified atom stereocenters. The van der Waals surface area contributed by atoms with Gasteiger partial charge in [-0.2, -0.15) is 0 Å². The number of halogens is 1. The molecule has 0 amide bonds. The molecule has 1 heterocycles. The molecule has 1 aromatic carbocycles. The van der Waals surface area contributed by atoms with Gasteiger partial charge in [-0.05, 0) is 50.6 Å². The molecule has 0 spiro atoms. The van der Waals surface area contributed by atoms with E-state index in [0.29, 0.717) is 0 Å². The normalized spacial score (nSPS) is 18.3. The van der Waals surface area contributed by atoms with E-state index >= 15 is 0 Å². The fourth-order valence-corrected chi connectivity index (χ4v) is 3.07. The third-order valence-electron chi connectivity index (χ3n) is 3.72. The number of nitrogens with one attached hydrogen (secondary N) is 1. The highest BCUT2D eigenvalue weighted by Gasteiger charge is 2.31. The van der Waals surface area contributed by atoms with Crippen LogP contribution in [-0.2, 0) is 11.3 Å². The van der Waals surface area contributed by atoms with Crippen LogP contribution in [0, 0.1) is 0 Å². The van der Waals surface area contributed by atoms with Crippen molar-refractivity contribution >= 4 is 21.6 Å². The predicted octanol–water partition coefficient (Wildman–Crippen LogP) is 3.56. The van der Waals surface area contributed by atoms with Gasteiger partial charge in [0.25, 0.3) is 0 Å². The molecule has 20 heavy (non-hydrogen) atoms. The fraction of sp³-hybridized carbons (Fsp3) is 0.625. The van der Waals surface area contributed by atoms with E-state index in [4.69, 9.17) is 4.74 Å². The second-order valence-electron chi connectivity index (χ2n) is 5.97. The first kappa shape index (κ1) is 15.8. The minimum Gasteiger partial charge on any atom is -0.377 e. The SMILES string of the molecule is CCCNCc1cc(Br)ccc1N1CCOCC1(C)C. The fourth-order valence-electron chi connectivity index (χ4n) is 2.66. The Morgan fingerprint density at radius 3 is 2.90 bits per heavy atom. The van der Waals surface area contributed by atoms with E-state index < -0.39 is 0 Å². The van der Waals surface area contributed by atoms with Gasteiger partial charge < -0.3 is 15.0 Å². The topological polar surface area (TPSA) is 24.5 Å². The van der Waals surface area contributed by atoms with Crippen LogP contribution in [0.2, 0.25) is 0 Å². The Labute approximate surface area is 130 Å². The Kier molecular flexibility index (Phi) is 5.47. The van der Waals surface area contributed by atoms with Crippen molar-refractivity contribution in [2.45, 2.75) is 39.3 Å². The summed E-state index contributed by atoms with van der Waals surface area (Å²) in [5, 5.41) is 3.51. The highest BCUT2D eigenvalue weighted by Crippen LogP contribution is 2.31. The van der Waals surface area contributed by atoms with Crippen LogP contribution in [0.15, 0.2) is 22.7 Å². The van der Waals surface area contributed by atoms with Gasteiger partial charge in [0.1, 0.15) is 0 Å². The van der Waals surface area contributed by atoms with Crippen LogP contribution in [0.3, 0.4) is 0 Å². The molecule has 2 rings (SSSR count). The molecule has 1 aliphatic rings. The molecule has 0 radical (unpaired) electrons. The van der Waals surface area contributed by atoms with Crippen molar-refractivity contribution in [1.82, 2.24) is 5.32 Å². The first-order chi connectivity index (χ1) is 9.54. The molecule has 112 valence electrons. The van der Waals surface area contributed by atoms with Gasteiger partial charge in [-0.3, -0.25) is 0 Å². The summed E-state index contributed by atoms with van der Waals surface area (Å²) in [4.78, 5) is 2.48. The van der Waals surface area contributed by atoms with Crippen LogP contribution in [0.1, 0.15) is 32.8 Å². The first-order valence-electron chi connectivity index (χ1n) is 7.39. The van der Waals surface area contributed by atoms with Crippen LogP contribution < -0.4 is 10.2 Å². The summed E-state index contributed by atoms with van der Waals surface area (Å²) < 4.78 is 6.77. The summed E-state index contributed by atoms with van der Waals surface area (Å²) in [7, 11) is 0. The van der Waals surface area contributed by atoms with Gasteiger partial charge in [-0.15, -0.1) is 0 Å². The number of ether oxygens (including phenoxy) is 1. The van der Waals surface area contributed by atoms with Crippen LogP contribution in [-0.4, -0.2) is 31.8 Å². The molecule has 0 aromatic heterocycles. The van der Waals surface area contributed by atoms with Gasteiger partial charge in [-0.1, -0.05) is 22.9 Å². The second-order valence-corrected chi connectivity index (χ2v) is 6.88. The molecule has 0 aliphatic carbocycles. The van der Waals surface area contributed by atoms with E-state index in [9.17, 15) is 0 Å². The summed E-state index contributed by atoms with van der Waals surface area (Å²) >= 11 is 3.59. The molecule has 1 fully saturated rings. The lowest BCUT2D eigenvalue weighted by Gasteiger charge is -2.44. The summed E-state index contributed by atoms with van der Waals surface area (Å²) in [5.74, 6) is 0. The maximum atomic E-state index is 5.63. The predicted molar refractivity (Wildman–Crippen MR) is 88.4 cm³/mol. The smallest absolute Gasteiger partial charge is 0.0694 e. The van der Waals surface area contributed by atoms with Crippen LogP contribution in [0.25, 0.3) is 0 Å². The lowest BCUT2D eigenvalue weighted by molar-refractivity contribution is 0.0643. The number of hydrogen-bond donors (Lipinski definition) is 1.